The number of nitrogens with zero attached hydrogens (tertiary/aromatic N) is 2. The smallest absolute Gasteiger partial charge is 0.148 e. The lowest BCUT2D eigenvalue weighted by Crippen LogP contribution is -2.10. The molecular weight excluding hydrogens is 238 g/mol. The molecule has 4 nitrogen and oxygen atoms in total. The van der Waals surface area contributed by atoms with Gasteiger partial charge in [-0.05, 0) is 36.5 Å². The molecule has 0 spiro atoms. The molecule has 0 amide bonds. The van der Waals surface area contributed by atoms with Gasteiger partial charge in [0.2, 0.25) is 0 Å². The van der Waals surface area contributed by atoms with Crippen molar-refractivity contribution in [1.29, 1.82) is 0 Å². The van der Waals surface area contributed by atoms with Gasteiger partial charge in [-0.2, -0.15) is 0 Å². The van der Waals surface area contributed by atoms with Crippen molar-refractivity contribution in [3.05, 3.63) is 41.5 Å². The SMILES string of the molecule is OCCCNc1cc2c(nn1)-c1ccccc1CC2. The molecule has 0 atom stereocenters. The predicted octanol–water partition coefficient (Wildman–Crippen LogP) is 2.04. The summed E-state index contributed by atoms with van der Waals surface area (Å²) in [4.78, 5) is 0. The van der Waals surface area contributed by atoms with E-state index in [0.29, 0.717) is 0 Å². The predicted molar refractivity (Wildman–Crippen MR) is 75.1 cm³/mol. The Balaban J connectivity index is 1.87. The Hall–Kier alpha value is -1.94. The van der Waals surface area contributed by atoms with E-state index in [9.17, 15) is 0 Å². The Labute approximate surface area is 112 Å². The first-order valence-corrected chi connectivity index (χ1v) is 6.68. The highest BCUT2D eigenvalue weighted by Gasteiger charge is 2.17. The monoisotopic (exact) mass is 255 g/mol. The molecule has 1 aromatic heterocycles. The lowest BCUT2D eigenvalue weighted by Gasteiger charge is -2.18. The number of aliphatic hydroxyl groups excluding tert-OH is 1. The van der Waals surface area contributed by atoms with Gasteiger partial charge >= 0.3 is 0 Å². The number of hydrogen-bond acceptors (Lipinski definition) is 4. The Kier molecular flexibility index (Phi) is 3.42. The van der Waals surface area contributed by atoms with Crippen LogP contribution in [0.3, 0.4) is 0 Å². The fraction of sp³-hybridized carbons (Fsp3) is 0.333. The van der Waals surface area contributed by atoms with Gasteiger partial charge < -0.3 is 10.4 Å². The minimum Gasteiger partial charge on any atom is -0.396 e. The number of fused-ring (bicyclic) bond motifs is 3. The minimum atomic E-state index is 0.193. The summed E-state index contributed by atoms with van der Waals surface area (Å²) in [6, 6.07) is 10.5. The third kappa shape index (κ3) is 2.44. The highest BCUT2D eigenvalue weighted by atomic mass is 16.3. The molecule has 1 aliphatic carbocycles. The zero-order chi connectivity index (χ0) is 13.1. The zero-order valence-electron chi connectivity index (χ0n) is 10.8. The molecule has 0 radical (unpaired) electrons. The highest BCUT2D eigenvalue weighted by molar-refractivity contribution is 5.70. The average molecular weight is 255 g/mol. The Morgan fingerprint density at radius 3 is 2.84 bits per heavy atom. The van der Waals surface area contributed by atoms with Gasteiger partial charge in [0.15, 0.2) is 0 Å². The van der Waals surface area contributed by atoms with Gasteiger partial charge in [-0.25, -0.2) is 0 Å². The molecule has 0 saturated carbocycles. The molecule has 2 N–H and O–H groups in total. The van der Waals surface area contributed by atoms with E-state index in [1.807, 2.05) is 6.07 Å². The summed E-state index contributed by atoms with van der Waals surface area (Å²) >= 11 is 0. The van der Waals surface area contributed by atoms with Crippen LogP contribution in [0.1, 0.15) is 17.5 Å². The van der Waals surface area contributed by atoms with Crippen molar-refractivity contribution in [2.45, 2.75) is 19.3 Å². The molecule has 0 saturated heterocycles. The summed E-state index contributed by atoms with van der Waals surface area (Å²) in [7, 11) is 0. The molecule has 1 heterocycles. The number of aliphatic hydroxyl groups is 1. The minimum absolute atomic E-state index is 0.193. The van der Waals surface area contributed by atoms with E-state index in [4.69, 9.17) is 5.11 Å². The molecule has 2 aromatic rings. The Morgan fingerprint density at radius 2 is 1.95 bits per heavy atom. The summed E-state index contributed by atoms with van der Waals surface area (Å²) in [5, 5.41) is 20.5. The number of aromatic nitrogens is 2. The van der Waals surface area contributed by atoms with Crippen molar-refractivity contribution < 1.29 is 5.11 Å². The van der Waals surface area contributed by atoms with Crippen LogP contribution in [0.4, 0.5) is 5.82 Å². The quantitative estimate of drug-likeness (QED) is 0.821. The second-order valence-corrected chi connectivity index (χ2v) is 4.76. The van der Waals surface area contributed by atoms with Gasteiger partial charge in [0.05, 0.1) is 5.69 Å². The molecule has 4 heteroatoms. The van der Waals surface area contributed by atoms with Crippen LogP contribution in [-0.2, 0) is 12.8 Å². The number of rotatable bonds is 4. The van der Waals surface area contributed by atoms with Gasteiger partial charge in [0.1, 0.15) is 5.82 Å². The number of nitrogens with one attached hydrogen (secondary N) is 1. The molecule has 0 aliphatic heterocycles. The summed E-state index contributed by atoms with van der Waals surface area (Å²) in [5.74, 6) is 0.798. The lowest BCUT2D eigenvalue weighted by molar-refractivity contribution is 0.292. The molecule has 0 bridgehead atoms. The summed E-state index contributed by atoms with van der Waals surface area (Å²) < 4.78 is 0. The normalized spacial score (nSPS) is 12.7. The van der Waals surface area contributed by atoms with Crippen LogP contribution in [-0.4, -0.2) is 28.5 Å². The third-order valence-electron chi connectivity index (χ3n) is 3.45. The number of aryl methyl sites for hydroxylation is 2. The van der Waals surface area contributed by atoms with E-state index >= 15 is 0 Å². The fourth-order valence-electron chi connectivity index (χ4n) is 2.47. The van der Waals surface area contributed by atoms with Gasteiger partial charge in [-0.3, -0.25) is 0 Å². The van der Waals surface area contributed by atoms with Crippen molar-refractivity contribution in [3.63, 3.8) is 0 Å². The lowest BCUT2D eigenvalue weighted by atomic mass is 9.89. The summed E-state index contributed by atoms with van der Waals surface area (Å²) in [6.45, 7) is 0.916. The molecular formula is C15H17N3O. The Morgan fingerprint density at radius 1 is 1.11 bits per heavy atom. The molecule has 0 fully saturated rings. The van der Waals surface area contributed by atoms with Gasteiger partial charge in [0, 0.05) is 18.7 Å². The van der Waals surface area contributed by atoms with Gasteiger partial charge in [-0.1, -0.05) is 24.3 Å². The van der Waals surface area contributed by atoms with E-state index < -0.39 is 0 Å². The van der Waals surface area contributed by atoms with E-state index in [1.54, 1.807) is 0 Å². The van der Waals surface area contributed by atoms with Crippen LogP contribution < -0.4 is 5.32 Å². The summed E-state index contributed by atoms with van der Waals surface area (Å²) in [6.07, 6.45) is 2.79. The van der Waals surface area contributed by atoms with E-state index in [2.05, 4.69) is 39.8 Å². The van der Waals surface area contributed by atoms with Crippen molar-refractivity contribution in [3.8, 4) is 11.3 Å². The molecule has 1 aromatic carbocycles. The van der Waals surface area contributed by atoms with Crippen molar-refractivity contribution in [2.75, 3.05) is 18.5 Å². The van der Waals surface area contributed by atoms with E-state index in [0.717, 1.165) is 37.3 Å². The topological polar surface area (TPSA) is 58.0 Å². The first-order chi connectivity index (χ1) is 9.38. The fourth-order valence-corrected chi connectivity index (χ4v) is 2.47. The van der Waals surface area contributed by atoms with Crippen LogP contribution >= 0.6 is 0 Å². The van der Waals surface area contributed by atoms with Crippen LogP contribution in [0, 0.1) is 0 Å². The van der Waals surface area contributed by atoms with Crippen LogP contribution in [0.5, 0.6) is 0 Å². The summed E-state index contributed by atoms with van der Waals surface area (Å²) in [5.41, 5.74) is 4.82. The second-order valence-electron chi connectivity index (χ2n) is 4.76. The third-order valence-corrected chi connectivity index (χ3v) is 3.45. The average Bonchev–Trinajstić information content (AvgIpc) is 2.47. The van der Waals surface area contributed by atoms with Crippen LogP contribution in [0.25, 0.3) is 11.3 Å². The largest absolute Gasteiger partial charge is 0.396 e. The highest BCUT2D eigenvalue weighted by Crippen LogP contribution is 2.31. The first kappa shape index (κ1) is 12.1. The number of anilines is 1. The Bertz CT molecular complexity index is 583. The van der Waals surface area contributed by atoms with E-state index in [-0.39, 0.29) is 6.61 Å². The van der Waals surface area contributed by atoms with Gasteiger partial charge in [-0.15, -0.1) is 10.2 Å². The maximum Gasteiger partial charge on any atom is 0.148 e. The molecule has 98 valence electrons. The van der Waals surface area contributed by atoms with Crippen LogP contribution in [0.15, 0.2) is 30.3 Å². The standard InChI is InChI=1S/C15H17N3O/c19-9-3-8-16-14-10-12-7-6-11-4-1-2-5-13(11)15(12)18-17-14/h1-2,4-5,10,19H,3,6-9H2,(H,16,17). The maximum absolute atomic E-state index is 8.77. The van der Waals surface area contributed by atoms with E-state index in [1.165, 1.54) is 16.7 Å². The first-order valence-electron chi connectivity index (χ1n) is 6.68. The second kappa shape index (κ2) is 5.36. The maximum atomic E-state index is 8.77. The molecule has 3 rings (SSSR count). The molecule has 1 aliphatic rings. The number of hydrogen-bond donors (Lipinski definition) is 2. The molecule has 0 unspecified atom stereocenters. The van der Waals surface area contributed by atoms with Crippen molar-refractivity contribution in [1.82, 2.24) is 10.2 Å². The van der Waals surface area contributed by atoms with Crippen molar-refractivity contribution >= 4 is 5.82 Å². The van der Waals surface area contributed by atoms with Crippen LogP contribution in [0.2, 0.25) is 0 Å². The molecule has 19 heavy (non-hydrogen) atoms. The van der Waals surface area contributed by atoms with Crippen molar-refractivity contribution in [2.24, 2.45) is 0 Å². The van der Waals surface area contributed by atoms with Gasteiger partial charge in [0.25, 0.3) is 0 Å². The number of benzene rings is 1. The zero-order valence-corrected chi connectivity index (χ0v) is 10.8.